The molecule has 0 aliphatic carbocycles. The Morgan fingerprint density at radius 3 is 2.75 bits per heavy atom. The Morgan fingerprint density at radius 2 is 2.05 bits per heavy atom. The highest BCUT2D eigenvalue weighted by Gasteiger charge is 2.32. The number of nitrogens with zero attached hydrogens (tertiary/aromatic N) is 2. The third-order valence-corrected chi connectivity index (χ3v) is 4.31. The van der Waals surface area contributed by atoms with Crippen molar-refractivity contribution in [3.8, 4) is 0 Å². The van der Waals surface area contributed by atoms with Gasteiger partial charge >= 0.3 is 0 Å². The highest BCUT2D eigenvalue weighted by atomic mass is 35.5. The summed E-state index contributed by atoms with van der Waals surface area (Å²) < 4.78 is 7.20. The molecule has 2 aromatic rings. The van der Waals surface area contributed by atoms with E-state index in [0.29, 0.717) is 29.9 Å². The van der Waals surface area contributed by atoms with Crippen LogP contribution in [0.1, 0.15) is 25.6 Å². The van der Waals surface area contributed by atoms with Gasteiger partial charge < -0.3 is 4.74 Å². The maximum absolute atomic E-state index is 12.8. The number of alkyl halides is 1. The van der Waals surface area contributed by atoms with E-state index < -0.39 is 0 Å². The van der Waals surface area contributed by atoms with Crippen LogP contribution < -0.4 is 5.56 Å². The van der Waals surface area contributed by atoms with Gasteiger partial charge in [0.15, 0.2) is 0 Å². The molecule has 0 radical (unpaired) electrons. The zero-order chi connectivity index (χ0) is 14.2. The number of ether oxygens (including phenoxy) is 1. The van der Waals surface area contributed by atoms with Crippen LogP contribution in [0.5, 0.6) is 0 Å². The van der Waals surface area contributed by atoms with E-state index in [0.717, 1.165) is 12.8 Å². The third kappa shape index (κ3) is 2.13. The lowest BCUT2D eigenvalue weighted by molar-refractivity contribution is 0.0267. The van der Waals surface area contributed by atoms with Crippen molar-refractivity contribution in [2.45, 2.75) is 31.2 Å². The molecule has 0 spiro atoms. The van der Waals surface area contributed by atoms with E-state index in [1.54, 1.807) is 4.57 Å². The zero-order valence-electron chi connectivity index (χ0n) is 11.4. The van der Waals surface area contributed by atoms with Crippen LogP contribution in [0, 0.1) is 0 Å². The molecule has 0 unspecified atom stereocenters. The first-order chi connectivity index (χ1) is 9.65. The molecular weight excluding hydrogens is 276 g/mol. The van der Waals surface area contributed by atoms with Crippen molar-refractivity contribution < 1.29 is 4.74 Å². The molecule has 1 aliphatic rings. The van der Waals surface area contributed by atoms with E-state index in [4.69, 9.17) is 16.3 Å². The number of hydrogen-bond acceptors (Lipinski definition) is 3. The Bertz CT molecular complexity index is 690. The van der Waals surface area contributed by atoms with Crippen molar-refractivity contribution in [3.05, 3.63) is 40.4 Å². The minimum Gasteiger partial charge on any atom is -0.381 e. The van der Waals surface area contributed by atoms with Gasteiger partial charge in [0.25, 0.3) is 5.56 Å². The van der Waals surface area contributed by atoms with Crippen LogP contribution in [0.4, 0.5) is 0 Å². The second-order valence-electron chi connectivity index (χ2n) is 5.43. The molecule has 0 atom stereocenters. The summed E-state index contributed by atoms with van der Waals surface area (Å²) in [7, 11) is 0. The van der Waals surface area contributed by atoms with Crippen LogP contribution >= 0.6 is 11.6 Å². The first-order valence-corrected chi connectivity index (χ1v) is 7.34. The SMILES string of the molecule is CC1(n2c(CCl)nc3ccccc3c2=O)CCOCC1. The van der Waals surface area contributed by atoms with Gasteiger partial charge in [-0.15, -0.1) is 11.6 Å². The number of fused-ring (bicyclic) bond motifs is 1. The molecular formula is C15H17ClN2O2. The lowest BCUT2D eigenvalue weighted by atomic mass is 9.91. The predicted molar refractivity (Wildman–Crippen MR) is 79.3 cm³/mol. The molecule has 1 fully saturated rings. The lowest BCUT2D eigenvalue weighted by Gasteiger charge is -2.36. The Morgan fingerprint density at radius 1 is 1.35 bits per heavy atom. The topological polar surface area (TPSA) is 44.1 Å². The average Bonchev–Trinajstić information content (AvgIpc) is 2.47. The molecule has 4 nitrogen and oxygen atoms in total. The summed E-state index contributed by atoms with van der Waals surface area (Å²) in [6.07, 6.45) is 1.60. The predicted octanol–water partition coefficient (Wildman–Crippen LogP) is 2.66. The number of aromatic nitrogens is 2. The highest BCUT2D eigenvalue weighted by molar-refractivity contribution is 6.16. The van der Waals surface area contributed by atoms with Crippen LogP contribution in [0.3, 0.4) is 0 Å². The molecule has 1 aliphatic heterocycles. The van der Waals surface area contributed by atoms with E-state index in [2.05, 4.69) is 11.9 Å². The highest BCUT2D eigenvalue weighted by Crippen LogP contribution is 2.29. The smallest absolute Gasteiger partial charge is 0.261 e. The van der Waals surface area contributed by atoms with Gasteiger partial charge in [0.1, 0.15) is 5.82 Å². The molecule has 3 rings (SSSR count). The van der Waals surface area contributed by atoms with Crippen molar-refractivity contribution in [1.82, 2.24) is 9.55 Å². The fourth-order valence-corrected chi connectivity index (χ4v) is 3.04. The van der Waals surface area contributed by atoms with E-state index in [1.165, 1.54) is 0 Å². The maximum atomic E-state index is 12.8. The van der Waals surface area contributed by atoms with Gasteiger partial charge in [-0.05, 0) is 31.9 Å². The van der Waals surface area contributed by atoms with Gasteiger partial charge in [-0.1, -0.05) is 12.1 Å². The van der Waals surface area contributed by atoms with Crippen LogP contribution in [-0.4, -0.2) is 22.8 Å². The molecule has 2 heterocycles. The van der Waals surface area contributed by atoms with Gasteiger partial charge in [0.2, 0.25) is 0 Å². The van der Waals surface area contributed by atoms with Crippen LogP contribution in [-0.2, 0) is 16.2 Å². The fourth-order valence-electron chi connectivity index (χ4n) is 2.86. The quantitative estimate of drug-likeness (QED) is 0.799. The van der Waals surface area contributed by atoms with Crippen molar-refractivity contribution in [2.75, 3.05) is 13.2 Å². The molecule has 0 saturated carbocycles. The Kier molecular flexibility index (Phi) is 3.52. The van der Waals surface area contributed by atoms with Crippen LogP contribution in [0.2, 0.25) is 0 Å². The monoisotopic (exact) mass is 292 g/mol. The van der Waals surface area contributed by atoms with Gasteiger partial charge in [0.05, 0.1) is 22.3 Å². The van der Waals surface area contributed by atoms with E-state index in [9.17, 15) is 4.79 Å². The summed E-state index contributed by atoms with van der Waals surface area (Å²) in [6, 6.07) is 7.42. The minimum atomic E-state index is -0.267. The number of hydrogen-bond donors (Lipinski definition) is 0. The zero-order valence-corrected chi connectivity index (χ0v) is 12.2. The third-order valence-electron chi connectivity index (χ3n) is 4.07. The van der Waals surface area contributed by atoms with Crippen molar-refractivity contribution in [3.63, 3.8) is 0 Å². The Balaban J connectivity index is 2.28. The maximum Gasteiger partial charge on any atom is 0.261 e. The lowest BCUT2D eigenvalue weighted by Crippen LogP contribution is -2.45. The van der Waals surface area contributed by atoms with Gasteiger partial charge in [-0.25, -0.2) is 4.98 Å². The van der Waals surface area contributed by atoms with E-state index in [-0.39, 0.29) is 17.0 Å². The summed E-state index contributed by atoms with van der Waals surface area (Å²) in [5.74, 6) is 0.871. The molecule has 0 bridgehead atoms. The number of benzene rings is 1. The summed E-state index contributed by atoms with van der Waals surface area (Å²) in [5, 5.41) is 0.647. The standard InChI is InChI=1S/C15H17ClN2O2/c1-15(6-8-20-9-7-15)18-13(10-16)17-12-5-3-2-4-11(12)14(18)19/h2-5H,6-10H2,1H3. The number of para-hydroxylation sites is 1. The van der Waals surface area contributed by atoms with Crippen molar-refractivity contribution in [1.29, 1.82) is 0 Å². The molecule has 20 heavy (non-hydrogen) atoms. The number of rotatable bonds is 2. The Hall–Kier alpha value is -1.39. The van der Waals surface area contributed by atoms with Gasteiger partial charge in [-0.2, -0.15) is 0 Å². The summed E-state index contributed by atoms with van der Waals surface area (Å²) in [4.78, 5) is 17.4. The largest absolute Gasteiger partial charge is 0.381 e. The second-order valence-corrected chi connectivity index (χ2v) is 5.70. The molecule has 0 N–H and O–H groups in total. The Labute approximate surface area is 122 Å². The number of halogens is 1. The van der Waals surface area contributed by atoms with E-state index in [1.807, 2.05) is 24.3 Å². The summed E-state index contributed by atoms with van der Waals surface area (Å²) in [5.41, 5.74) is 0.437. The molecule has 5 heteroatoms. The van der Waals surface area contributed by atoms with E-state index >= 15 is 0 Å². The van der Waals surface area contributed by atoms with Crippen LogP contribution in [0.15, 0.2) is 29.1 Å². The fraction of sp³-hybridized carbons (Fsp3) is 0.467. The average molecular weight is 293 g/mol. The molecule has 0 amide bonds. The van der Waals surface area contributed by atoms with Crippen LogP contribution in [0.25, 0.3) is 10.9 Å². The minimum absolute atomic E-state index is 0.00403. The second kappa shape index (κ2) is 5.19. The van der Waals surface area contributed by atoms with Crippen molar-refractivity contribution >= 4 is 22.5 Å². The summed E-state index contributed by atoms with van der Waals surface area (Å²) >= 11 is 6.03. The first kappa shape index (κ1) is 13.6. The molecule has 1 aromatic heterocycles. The summed E-state index contributed by atoms with van der Waals surface area (Å²) in [6.45, 7) is 3.42. The normalized spacial score (nSPS) is 18.3. The van der Waals surface area contributed by atoms with Gasteiger partial charge in [-0.3, -0.25) is 9.36 Å². The molecule has 1 aromatic carbocycles. The molecule has 1 saturated heterocycles. The van der Waals surface area contributed by atoms with Gasteiger partial charge in [0, 0.05) is 13.2 Å². The first-order valence-electron chi connectivity index (χ1n) is 6.80. The van der Waals surface area contributed by atoms with Crippen molar-refractivity contribution in [2.24, 2.45) is 0 Å². The molecule has 106 valence electrons.